The number of pyridine rings is 2. The predicted octanol–water partition coefficient (Wildman–Crippen LogP) is 4.84. The van der Waals surface area contributed by atoms with Crippen LogP contribution in [0.2, 0.25) is 10.0 Å². The van der Waals surface area contributed by atoms with Gasteiger partial charge in [0.05, 0.1) is 34.5 Å². The number of benzene rings is 1. The normalized spacial score (nSPS) is 16.8. The Hall–Kier alpha value is -2.91. The number of rotatable bonds is 6. The van der Waals surface area contributed by atoms with E-state index in [0.29, 0.717) is 39.5 Å². The SMILES string of the molecule is Cc1ncc(Cl)c([C@@H](N)Oc2ccc3[nH]nc(-c4ccc(O[C@@H]5CCOC5)nc4)c3c2)c1Cl. The van der Waals surface area contributed by atoms with Crippen molar-refractivity contribution in [2.45, 2.75) is 25.7 Å². The third kappa shape index (κ3) is 4.47. The highest BCUT2D eigenvalue weighted by Gasteiger charge is 2.20. The number of fused-ring (bicyclic) bond motifs is 1. The van der Waals surface area contributed by atoms with Crippen molar-refractivity contribution < 1.29 is 14.2 Å². The highest BCUT2D eigenvalue weighted by molar-refractivity contribution is 6.36. The molecule has 0 saturated carbocycles. The molecule has 1 aliphatic rings. The van der Waals surface area contributed by atoms with E-state index in [4.69, 9.17) is 43.1 Å². The van der Waals surface area contributed by atoms with Crippen molar-refractivity contribution in [2.75, 3.05) is 13.2 Å². The summed E-state index contributed by atoms with van der Waals surface area (Å²) in [6, 6.07) is 9.30. The molecule has 8 nitrogen and oxygen atoms in total. The zero-order valence-corrected chi connectivity index (χ0v) is 19.2. The second kappa shape index (κ2) is 9.15. The smallest absolute Gasteiger partial charge is 0.213 e. The molecule has 0 unspecified atom stereocenters. The molecule has 4 aromatic rings. The molecule has 0 aliphatic carbocycles. The van der Waals surface area contributed by atoms with Gasteiger partial charge in [-0.05, 0) is 31.2 Å². The van der Waals surface area contributed by atoms with Gasteiger partial charge in [0.1, 0.15) is 17.5 Å². The van der Waals surface area contributed by atoms with Gasteiger partial charge in [-0.25, -0.2) is 4.98 Å². The molecule has 2 atom stereocenters. The van der Waals surface area contributed by atoms with Gasteiger partial charge >= 0.3 is 0 Å². The molecule has 170 valence electrons. The second-order valence-corrected chi connectivity index (χ2v) is 8.51. The Morgan fingerprint density at radius 2 is 2.06 bits per heavy atom. The quantitative estimate of drug-likeness (QED) is 0.376. The van der Waals surface area contributed by atoms with Gasteiger partial charge in [0, 0.05) is 41.4 Å². The van der Waals surface area contributed by atoms with E-state index >= 15 is 0 Å². The van der Waals surface area contributed by atoms with Crippen LogP contribution in [0.3, 0.4) is 0 Å². The third-order valence-electron chi connectivity index (χ3n) is 5.45. The average Bonchev–Trinajstić information content (AvgIpc) is 3.47. The minimum Gasteiger partial charge on any atom is -0.472 e. The van der Waals surface area contributed by atoms with Crippen LogP contribution in [0, 0.1) is 6.92 Å². The van der Waals surface area contributed by atoms with E-state index in [1.54, 1.807) is 19.2 Å². The second-order valence-electron chi connectivity index (χ2n) is 7.73. The Balaban J connectivity index is 1.39. The summed E-state index contributed by atoms with van der Waals surface area (Å²) in [4.78, 5) is 8.56. The monoisotopic (exact) mass is 485 g/mol. The molecule has 1 fully saturated rings. The highest BCUT2D eigenvalue weighted by Crippen LogP contribution is 2.34. The van der Waals surface area contributed by atoms with Crippen molar-refractivity contribution in [1.82, 2.24) is 20.2 Å². The van der Waals surface area contributed by atoms with Crippen molar-refractivity contribution >= 4 is 34.1 Å². The summed E-state index contributed by atoms with van der Waals surface area (Å²) in [7, 11) is 0. The van der Waals surface area contributed by atoms with Crippen LogP contribution in [-0.4, -0.2) is 39.5 Å². The van der Waals surface area contributed by atoms with E-state index in [2.05, 4.69) is 20.2 Å². The molecule has 10 heteroatoms. The molecule has 0 radical (unpaired) electrons. The fourth-order valence-corrected chi connectivity index (χ4v) is 4.26. The Morgan fingerprint density at radius 3 is 2.82 bits per heavy atom. The number of ether oxygens (including phenoxy) is 3. The topological polar surface area (TPSA) is 108 Å². The maximum absolute atomic E-state index is 6.36. The summed E-state index contributed by atoms with van der Waals surface area (Å²) in [5.41, 5.74) is 9.83. The number of nitrogens with two attached hydrogens (primary N) is 1. The van der Waals surface area contributed by atoms with Crippen molar-refractivity contribution in [1.29, 1.82) is 0 Å². The molecule has 4 heterocycles. The summed E-state index contributed by atoms with van der Waals surface area (Å²) < 4.78 is 17.2. The minimum absolute atomic E-state index is 0.0460. The molecule has 1 aromatic carbocycles. The molecule has 0 spiro atoms. The van der Waals surface area contributed by atoms with Gasteiger partial charge in [0.2, 0.25) is 5.88 Å². The lowest BCUT2D eigenvalue weighted by Gasteiger charge is -2.18. The number of hydrogen-bond acceptors (Lipinski definition) is 7. The maximum atomic E-state index is 6.36. The molecule has 5 rings (SSSR count). The summed E-state index contributed by atoms with van der Waals surface area (Å²) in [5.74, 6) is 1.11. The molecule has 0 bridgehead atoms. The van der Waals surface area contributed by atoms with Crippen molar-refractivity contribution in [3.8, 4) is 22.9 Å². The number of H-pyrrole nitrogens is 1. The van der Waals surface area contributed by atoms with E-state index in [1.165, 1.54) is 6.20 Å². The summed E-state index contributed by atoms with van der Waals surface area (Å²) in [6.45, 7) is 3.09. The Morgan fingerprint density at radius 1 is 1.18 bits per heavy atom. The Labute approximate surface area is 200 Å². The van der Waals surface area contributed by atoms with Crippen molar-refractivity contribution in [2.24, 2.45) is 5.73 Å². The van der Waals surface area contributed by atoms with Crippen LogP contribution in [0.5, 0.6) is 11.6 Å². The van der Waals surface area contributed by atoms with E-state index < -0.39 is 6.23 Å². The zero-order valence-electron chi connectivity index (χ0n) is 17.7. The van der Waals surface area contributed by atoms with Gasteiger partial charge in [-0.15, -0.1) is 0 Å². The van der Waals surface area contributed by atoms with Gasteiger partial charge in [-0.3, -0.25) is 15.8 Å². The number of halogens is 2. The number of aromatic nitrogens is 4. The van der Waals surface area contributed by atoms with Crippen LogP contribution < -0.4 is 15.2 Å². The standard InChI is InChI=1S/C23H21Cl2N5O3/c1-12-21(25)20(17(24)10-27-12)23(26)33-14-3-4-18-16(8-14)22(30-29-18)13-2-5-19(28-9-13)32-15-6-7-31-11-15/h2-5,8-10,15,23H,6-7,11,26H2,1H3,(H,29,30)/t15-,23+/m1/s1. The number of hydrogen-bond donors (Lipinski definition) is 2. The van der Waals surface area contributed by atoms with Gasteiger partial charge in [-0.1, -0.05) is 23.2 Å². The first-order valence-corrected chi connectivity index (χ1v) is 11.2. The van der Waals surface area contributed by atoms with Gasteiger partial charge in [0.15, 0.2) is 6.23 Å². The molecular weight excluding hydrogens is 465 g/mol. The largest absolute Gasteiger partial charge is 0.472 e. The molecule has 33 heavy (non-hydrogen) atoms. The predicted molar refractivity (Wildman–Crippen MR) is 126 cm³/mol. The lowest BCUT2D eigenvalue weighted by atomic mass is 10.1. The number of aryl methyl sites for hydroxylation is 1. The van der Waals surface area contributed by atoms with Crippen molar-refractivity contribution in [3.05, 3.63) is 64.0 Å². The van der Waals surface area contributed by atoms with Gasteiger partial charge in [0.25, 0.3) is 0 Å². The lowest BCUT2D eigenvalue weighted by molar-refractivity contribution is 0.138. The fourth-order valence-electron chi connectivity index (χ4n) is 3.70. The Kier molecular flexibility index (Phi) is 6.07. The summed E-state index contributed by atoms with van der Waals surface area (Å²) in [6.07, 6.45) is 3.30. The first-order valence-electron chi connectivity index (χ1n) is 10.4. The van der Waals surface area contributed by atoms with E-state index in [0.717, 1.165) is 35.2 Å². The molecule has 1 saturated heterocycles. The van der Waals surface area contributed by atoms with Crippen LogP contribution in [0.15, 0.2) is 42.7 Å². The van der Waals surface area contributed by atoms with E-state index in [9.17, 15) is 0 Å². The summed E-state index contributed by atoms with van der Waals surface area (Å²) in [5, 5.41) is 9.09. The molecule has 3 N–H and O–H groups in total. The fraction of sp³-hybridized carbons (Fsp3) is 0.261. The summed E-state index contributed by atoms with van der Waals surface area (Å²) >= 11 is 12.6. The molecular formula is C23H21Cl2N5O3. The lowest BCUT2D eigenvalue weighted by Crippen LogP contribution is -2.19. The van der Waals surface area contributed by atoms with Gasteiger partial charge < -0.3 is 14.2 Å². The number of nitrogens with zero attached hydrogens (tertiary/aromatic N) is 3. The minimum atomic E-state index is -0.864. The number of nitrogens with one attached hydrogen (secondary N) is 1. The average molecular weight is 486 g/mol. The van der Waals surface area contributed by atoms with Crippen LogP contribution >= 0.6 is 23.2 Å². The first-order chi connectivity index (χ1) is 16.0. The van der Waals surface area contributed by atoms with Crippen LogP contribution in [0.4, 0.5) is 0 Å². The first kappa shape index (κ1) is 21.9. The Bertz CT molecular complexity index is 1290. The molecule has 0 amide bonds. The molecule has 3 aromatic heterocycles. The van der Waals surface area contributed by atoms with Crippen LogP contribution in [0.25, 0.3) is 22.2 Å². The maximum Gasteiger partial charge on any atom is 0.213 e. The highest BCUT2D eigenvalue weighted by atomic mass is 35.5. The molecule has 1 aliphatic heterocycles. The van der Waals surface area contributed by atoms with Crippen LogP contribution in [-0.2, 0) is 4.74 Å². The van der Waals surface area contributed by atoms with E-state index in [-0.39, 0.29) is 6.10 Å². The van der Waals surface area contributed by atoms with E-state index in [1.807, 2.05) is 24.3 Å². The third-order valence-corrected chi connectivity index (χ3v) is 6.23. The van der Waals surface area contributed by atoms with Crippen LogP contribution in [0.1, 0.15) is 23.9 Å². The van der Waals surface area contributed by atoms with Gasteiger partial charge in [-0.2, -0.15) is 5.10 Å². The number of aromatic amines is 1. The van der Waals surface area contributed by atoms with Crippen molar-refractivity contribution in [3.63, 3.8) is 0 Å². The zero-order chi connectivity index (χ0) is 22.9.